The number of nitrogens with zero attached hydrogens (tertiary/aromatic N) is 1. The lowest BCUT2D eigenvalue weighted by Crippen LogP contribution is -2.55. The molecule has 2 fully saturated rings. The Bertz CT molecular complexity index is 276. The zero-order valence-electron chi connectivity index (χ0n) is 7.52. The fraction of sp³-hybridized carbons (Fsp3) is 1.00. The summed E-state index contributed by atoms with van der Waals surface area (Å²) >= 11 is 0. The highest BCUT2D eigenvalue weighted by molar-refractivity contribution is 7.89. The third-order valence-electron chi connectivity index (χ3n) is 2.91. The SMILES string of the molecule is O=S(=O)(C1CCCC1)N1CC(O)C1. The predicted octanol–water partition coefficient (Wildman–Crippen LogP) is -0.0647. The van der Waals surface area contributed by atoms with Crippen molar-refractivity contribution in [2.24, 2.45) is 0 Å². The van der Waals surface area contributed by atoms with Gasteiger partial charge in [0.2, 0.25) is 10.0 Å². The summed E-state index contributed by atoms with van der Waals surface area (Å²) in [5, 5.41) is 8.85. The molecule has 2 aliphatic rings. The summed E-state index contributed by atoms with van der Waals surface area (Å²) in [6, 6.07) is 0. The van der Waals surface area contributed by atoms with E-state index < -0.39 is 16.1 Å². The molecule has 1 saturated heterocycles. The molecule has 0 aromatic heterocycles. The van der Waals surface area contributed by atoms with Gasteiger partial charge in [0.05, 0.1) is 11.4 Å². The van der Waals surface area contributed by atoms with Crippen LogP contribution in [0.25, 0.3) is 0 Å². The average molecular weight is 205 g/mol. The molecule has 13 heavy (non-hydrogen) atoms. The molecule has 0 unspecified atom stereocenters. The second-order valence-corrected chi connectivity index (χ2v) is 6.14. The van der Waals surface area contributed by atoms with Gasteiger partial charge in [-0.3, -0.25) is 0 Å². The lowest BCUT2D eigenvalue weighted by molar-refractivity contribution is 0.0541. The third-order valence-corrected chi connectivity index (χ3v) is 5.24. The zero-order chi connectivity index (χ0) is 9.47. The van der Waals surface area contributed by atoms with Crippen LogP contribution in [0.4, 0.5) is 0 Å². The highest BCUT2D eigenvalue weighted by Crippen LogP contribution is 2.29. The van der Waals surface area contributed by atoms with Crippen molar-refractivity contribution < 1.29 is 13.5 Å². The van der Waals surface area contributed by atoms with Gasteiger partial charge in [-0.05, 0) is 12.8 Å². The van der Waals surface area contributed by atoms with Crippen LogP contribution in [-0.2, 0) is 10.0 Å². The largest absolute Gasteiger partial charge is 0.390 e. The zero-order valence-corrected chi connectivity index (χ0v) is 8.33. The Hall–Kier alpha value is -0.130. The fourth-order valence-electron chi connectivity index (χ4n) is 2.02. The van der Waals surface area contributed by atoms with Gasteiger partial charge in [0, 0.05) is 13.1 Å². The van der Waals surface area contributed by atoms with Crippen LogP contribution in [0.5, 0.6) is 0 Å². The summed E-state index contributed by atoms with van der Waals surface area (Å²) in [7, 11) is -3.06. The van der Waals surface area contributed by atoms with Crippen LogP contribution in [0.15, 0.2) is 0 Å². The van der Waals surface area contributed by atoms with Crippen LogP contribution in [0.2, 0.25) is 0 Å². The molecule has 0 amide bonds. The molecule has 4 nitrogen and oxygen atoms in total. The fourth-order valence-corrected chi connectivity index (χ4v) is 4.13. The van der Waals surface area contributed by atoms with Crippen molar-refractivity contribution in [1.29, 1.82) is 0 Å². The molecule has 76 valence electrons. The lowest BCUT2D eigenvalue weighted by atomic mass is 10.2. The first-order chi connectivity index (χ1) is 6.10. The maximum absolute atomic E-state index is 11.8. The molecular formula is C8H15NO3S. The van der Waals surface area contributed by atoms with E-state index in [-0.39, 0.29) is 5.25 Å². The van der Waals surface area contributed by atoms with Crippen LogP contribution in [0.1, 0.15) is 25.7 Å². The van der Waals surface area contributed by atoms with Crippen molar-refractivity contribution in [3.05, 3.63) is 0 Å². The predicted molar refractivity (Wildman–Crippen MR) is 48.8 cm³/mol. The molecule has 1 N–H and O–H groups in total. The molecule has 0 atom stereocenters. The Kier molecular flexibility index (Phi) is 2.33. The quantitative estimate of drug-likeness (QED) is 0.687. The Labute approximate surface area is 78.6 Å². The minimum absolute atomic E-state index is 0.167. The Morgan fingerprint density at radius 3 is 2.15 bits per heavy atom. The number of aliphatic hydroxyl groups is 1. The smallest absolute Gasteiger partial charge is 0.217 e. The van der Waals surface area contributed by atoms with Gasteiger partial charge in [0.25, 0.3) is 0 Å². The van der Waals surface area contributed by atoms with E-state index in [0.717, 1.165) is 25.7 Å². The monoisotopic (exact) mass is 205 g/mol. The number of sulfonamides is 1. The van der Waals surface area contributed by atoms with Gasteiger partial charge in [0.15, 0.2) is 0 Å². The molecule has 0 aromatic rings. The van der Waals surface area contributed by atoms with Gasteiger partial charge in [-0.15, -0.1) is 0 Å². The van der Waals surface area contributed by atoms with E-state index in [9.17, 15) is 8.42 Å². The average Bonchev–Trinajstić information content (AvgIpc) is 2.50. The van der Waals surface area contributed by atoms with E-state index >= 15 is 0 Å². The van der Waals surface area contributed by atoms with Crippen LogP contribution in [0, 0.1) is 0 Å². The van der Waals surface area contributed by atoms with Gasteiger partial charge >= 0.3 is 0 Å². The first-order valence-electron chi connectivity index (χ1n) is 4.78. The van der Waals surface area contributed by atoms with E-state index in [4.69, 9.17) is 5.11 Å². The minimum Gasteiger partial charge on any atom is -0.390 e. The number of hydrogen-bond donors (Lipinski definition) is 1. The molecule has 2 rings (SSSR count). The molecule has 0 bridgehead atoms. The number of β-amino-alcohol motifs (C(OH)–C–C–N with tert-alkyl or cyclic N) is 1. The molecule has 0 radical (unpaired) electrons. The molecule has 1 aliphatic carbocycles. The summed E-state index contributed by atoms with van der Waals surface area (Å²) in [6.45, 7) is 0.609. The summed E-state index contributed by atoms with van der Waals surface area (Å²) < 4.78 is 25.0. The summed E-state index contributed by atoms with van der Waals surface area (Å²) in [4.78, 5) is 0. The molecule has 5 heteroatoms. The normalized spacial score (nSPS) is 27.8. The van der Waals surface area contributed by atoms with Gasteiger partial charge in [-0.2, -0.15) is 4.31 Å². The first kappa shape index (κ1) is 9.43. The molecule has 1 aliphatic heterocycles. The van der Waals surface area contributed by atoms with Crippen LogP contribution in [-0.4, -0.2) is 42.3 Å². The number of aliphatic hydroxyl groups excluding tert-OH is 1. The molecule has 0 aromatic carbocycles. The van der Waals surface area contributed by atoms with Gasteiger partial charge in [0.1, 0.15) is 0 Å². The topological polar surface area (TPSA) is 57.6 Å². The van der Waals surface area contributed by atoms with E-state index in [1.807, 2.05) is 0 Å². The molecule has 1 heterocycles. The second-order valence-electron chi connectivity index (χ2n) is 3.92. The van der Waals surface area contributed by atoms with Crippen molar-refractivity contribution in [3.63, 3.8) is 0 Å². The molecule has 0 spiro atoms. The van der Waals surface area contributed by atoms with Gasteiger partial charge < -0.3 is 5.11 Å². The van der Waals surface area contributed by atoms with Crippen molar-refractivity contribution >= 4 is 10.0 Å². The van der Waals surface area contributed by atoms with Crippen molar-refractivity contribution in [2.75, 3.05) is 13.1 Å². The van der Waals surface area contributed by atoms with E-state index in [2.05, 4.69) is 0 Å². The maximum Gasteiger partial charge on any atom is 0.217 e. The highest BCUT2D eigenvalue weighted by Gasteiger charge is 2.40. The highest BCUT2D eigenvalue weighted by atomic mass is 32.2. The Balaban J connectivity index is 2.03. The van der Waals surface area contributed by atoms with Crippen LogP contribution in [0.3, 0.4) is 0 Å². The van der Waals surface area contributed by atoms with E-state index in [1.165, 1.54) is 4.31 Å². The minimum atomic E-state index is -3.06. The Morgan fingerprint density at radius 2 is 1.69 bits per heavy atom. The van der Waals surface area contributed by atoms with Crippen molar-refractivity contribution in [3.8, 4) is 0 Å². The van der Waals surface area contributed by atoms with Crippen LogP contribution < -0.4 is 0 Å². The van der Waals surface area contributed by atoms with Gasteiger partial charge in [-0.25, -0.2) is 8.42 Å². The summed E-state index contributed by atoms with van der Waals surface area (Å²) in [5.74, 6) is 0. The summed E-state index contributed by atoms with van der Waals surface area (Å²) in [5.41, 5.74) is 0. The number of hydrogen-bond acceptors (Lipinski definition) is 3. The maximum atomic E-state index is 11.8. The lowest BCUT2D eigenvalue weighted by Gasteiger charge is -2.36. The first-order valence-corrected chi connectivity index (χ1v) is 6.28. The van der Waals surface area contributed by atoms with Crippen molar-refractivity contribution in [2.45, 2.75) is 37.0 Å². The number of rotatable bonds is 2. The third kappa shape index (κ3) is 1.60. The van der Waals surface area contributed by atoms with Crippen LogP contribution >= 0.6 is 0 Å². The van der Waals surface area contributed by atoms with Gasteiger partial charge in [-0.1, -0.05) is 12.8 Å². The van der Waals surface area contributed by atoms with Crippen molar-refractivity contribution in [1.82, 2.24) is 4.31 Å². The van der Waals surface area contributed by atoms with E-state index in [1.54, 1.807) is 0 Å². The van der Waals surface area contributed by atoms with E-state index in [0.29, 0.717) is 13.1 Å². The molecule has 1 saturated carbocycles. The second kappa shape index (κ2) is 3.22. The standard InChI is InChI=1S/C8H15NO3S/c10-7-5-9(6-7)13(11,12)8-3-1-2-4-8/h7-8,10H,1-6H2. The molecular weight excluding hydrogens is 190 g/mol. The summed E-state index contributed by atoms with van der Waals surface area (Å²) in [6.07, 6.45) is 3.22. The Morgan fingerprint density at radius 1 is 1.15 bits per heavy atom.